The summed E-state index contributed by atoms with van der Waals surface area (Å²) in [7, 11) is 0. The Balaban J connectivity index is 1.60. The summed E-state index contributed by atoms with van der Waals surface area (Å²) < 4.78 is 1.58. The first kappa shape index (κ1) is 16.0. The first-order valence-corrected chi connectivity index (χ1v) is 9.26. The molecule has 0 radical (unpaired) electrons. The molecule has 0 spiro atoms. The molecule has 7 heteroatoms. The van der Waals surface area contributed by atoms with E-state index < -0.39 is 0 Å². The van der Waals surface area contributed by atoms with Crippen molar-refractivity contribution in [2.45, 2.75) is 32.4 Å². The molecule has 4 rings (SSSR count). The van der Waals surface area contributed by atoms with Gasteiger partial charge in [0.2, 0.25) is 0 Å². The second-order valence-electron chi connectivity index (χ2n) is 6.24. The van der Waals surface area contributed by atoms with Crippen LogP contribution in [-0.4, -0.2) is 32.3 Å². The van der Waals surface area contributed by atoms with Gasteiger partial charge in [-0.2, -0.15) is 5.10 Å². The van der Waals surface area contributed by atoms with Gasteiger partial charge in [-0.05, 0) is 38.0 Å². The van der Waals surface area contributed by atoms with Gasteiger partial charge < -0.3 is 4.90 Å². The van der Waals surface area contributed by atoms with Crippen molar-refractivity contribution < 1.29 is 0 Å². The minimum absolute atomic E-state index is 0.0743. The highest BCUT2D eigenvalue weighted by Gasteiger charge is 2.27. The molecule has 3 aromatic heterocycles. The second-order valence-corrected chi connectivity index (χ2v) is 7.08. The molecule has 1 aliphatic rings. The van der Waals surface area contributed by atoms with E-state index in [1.807, 2.05) is 19.1 Å². The zero-order chi connectivity index (χ0) is 17.2. The summed E-state index contributed by atoms with van der Waals surface area (Å²) in [5.41, 5.74) is 2.65. The molecule has 0 N–H and O–H groups in total. The Kier molecular flexibility index (Phi) is 4.31. The number of rotatable bonds is 4. The Morgan fingerprint density at radius 2 is 2.24 bits per heavy atom. The van der Waals surface area contributed by atoms with Crippen LogP contribution >= 0.6 is 11.3 Å². The van der Waals surface area contributed by atoms with Crippen LogP contribution in [0.3, 0.4) is 0 Å². The number of aryl methyl sites for hydroxylation is 1. The van der Waals surface area contributed by atoms with E-state index in [4.69, 9.17) is 0 Å². The standard InChI is InChI=1S/C18H19N5OS/c1-13-12-25-18(20-13)22-9-3-5-15(22)11-23-17(24)7-6-16(21-23)14-4-2-8-19-10-14/h2,4,6-8,10,12,15H,3,5,9,11H2,1H3. The van der Waals surface area contributed by atoms with Gasteiger partial charge in [-0.1, -0.05) is 0 Å². The maximum absolute atomic E-state index is 12.3. The van der Waals surface area contributed by atoms with Crippen molar-refractivity contribution in [3.63, 3.8) is 0 Å². The molecule has 3 aromatic rings. The zero-order valence-electron chi connectivity index (χ0n) is 14.0. The van der Waals surface area contributed by atoms with Crippen LogP contribution in [0.2, 0.25) is 0 Å². The predicted octanol–water partition coefficient (Wildman–Crippen LogP) is 2.74. The van der Waals surface area contributed by atoms with E-state index in [1.54, 1.807) is 40.5 Å². The highest BCUT2D eigenvalue weighted by Crippen LogP contribution is 2.29. The van der Waals surface area contributed by atoms with Crippen molar-refractivity contribution >= 4 is 16.5 Å². The molecule has 1 atom stereocenters. The summed E-state index contributed by atoms with van der Waals surface area (Å²) in [6.07, 6.45) is 5.65. The molecule has 128 valence electrons. The van der Waals surface area contributed by atoms with Gasteiger partial charge in [0, 0.05) is 35.9 Å². The normalized spacial score (nSPS) is 17.2. The van der Waals surface area contributed by atoms with Gasteiger partial charge in [-0.3, -0.25) is 9.78 Å². The number of thiazole rings is 1. The average molecular weight is 353 g/mol. The minimum Gasteiger partial charge on any atom is -0.343 e. The van der Waals surface area contributed by atoms with Crippen molar-refractivity contribution in [3.05, 3.63) is 58.1 Å². The van der Waals surface area contributed by atoms with Crippen LogP contribution in [0, 0.1) is 6.92 Å². The maximum atomic E-state index is 12.3. The van der Waals surface area contributed by atoms with Gasteiger partial charge in [-0.25, -0.2) is 9.67 Å². The average Bonchev–Trinajstić information content (AvgIpc) is 3.26. The van der Waals surface area contributed by atoms with E-state index in [0.717, 1.165) is 41.5 Å². The quantitative estimate of drug-likeness (QED) is 0.722. The molecule has 0 bridgehead atoms. The third-order valence-corrected chi connectivity index (χ3v) is 5.43. The first-order valence-electron chi connectivity index (χ1n) is 8.38. The third-order valence-electron chi connectivity index (χ3n) is 4.44. The van der Waals surface area contributed by atoms with E-state index in [1.165, 1.54) is 0 Å². The van der Waals surface area contributed by atoms with Gasteiger partial charge in [0.25, 0.3) is 5.56 Å². The molecule has 0 amide bonds. The number of nitrogens with zero attached hydrogens (tertiary/aromatic N) is 5. The maximum Gasteiger partial charge on any atom is 0.266 e. The van der Waals surface area contributed by atoms with Crippen LogP contribution in [0.5, 0.6) is 0 Å². The van der Waals surface area contributed by atoms with E-state index in [2.05, 4.69) is 25.3 Å². The van der Waals surface area contributed by atoms with Crippen molar-refractivity contribution in [2.75, 3.05) is 11.4 Å². The molecular weight excluding hydrogens is 334 g/mol. The van der Waals surface area contributed by atoms with E-state index >= 15 is 0 Å². The van der Waals surface area contributed by atoms with Gasteiger partial charge in [-0.15, -0.1) is 11.3 Å². The van der Waals surface area contributed by atoms with E-state index in [9.17, 15) is 4.79 Å². The molecule has 1 saturated heterocycles. The van der Waals surface area contributed by atoms with Gasteiger partial charge >= 0.3 is 0 Å². The number of anilines is 1. The first-order chi connectivity index (χ1) is 12.2. The van der Waals surface area contributed by atoms with Crippen molar-refractivity contribution in [1.29, 1.82) is 0 Å². The summed E-state index contributed by atoms with van der Waals surface area (Å²) in [5.74, 6) is 0. The fourth-order valence-electron chi connectivity index (χ4n) is 3.20. The summed E-state index contributed by atoms with van der Waals surface area (Å²) in [5, 5.41) is 7.67. The fraction of sp³-hybridized carbons (Fsp3) is 0.333. The zero-order valence-corrected chi connectivity index (χ0v) is 14.8. The van der Waals surface area contributed by atoms with Crippen molar-refractivity contribution in [1.82, 2.24) is 19.7 Å². The Morgan fingerprint density at radius 1 is 1.32 bits per heavy atom. The third kappa shape index (κ3) is 3.32. The molecule has 1 unspecified atom stereocenters. The number of hydrogen-bond acceptors (Lipinski definition) is 6. The number of hydrogen-bond donors (Lipinski definition) is 0. The minimum atomic E-state index is -0.0743. The van der Waals surface area contributed by atoms with Crippen LogP contribution in [0.4, 0.5) is 5.13 Å². The largest absolute Gasteiger partial charge is 0.343 e. The molecule has 4 heterocycles. The Labute approximate surface area is 149 Å². The topological polar surface area (TPSA) is 63.9 Å². The lowest BCUT2D eigenvalue weighted by Crippen LogP contribution is -2.37. The Morgan fingerprint density at radius 3 is 3.00 bits per heavy atom. The van der Waals surface area contributed by atoms with Gasteiger partial charge in [0.05, 0.1) is 24.0 Å². The molecule has 25 heavy (non-hydrogen) atoms. The molecular formula is C18H19N5OS. The van der Waals surface area contributed by atoms with Crippen molar-refractivity contribution in [2.24, 2.45) is 0 Å². The monoisotopic (exact) mass is 353 g/mol. The lowest BCUT2D eigenvalue weighted by atomic mass is 10.2. The molecule has 0 aromatic carbocycles. The molecule has 1 fully saturated rings. The van der Waals surface area contributed by atoms with Crippen LogP contribution < -0.4 is 10.5 Å². The van der Waals surface area contributed by atoms with E-state index in [0.29, 0.717) is 6.54 Å². The summed E-state index contributed by atoms with van der Waals surface area (Å²) in [4.78, 5) is 23.3. The molecule has 6 nitrogen and oxygen atoms in total. The number of pyridine rings is 1. The van der Waals surface area contributed by atoms with Crippen LogP contribution in [-0.2, 0) is 6.54 Å². The van der Waals surface area contributed by atoms with Gasteiger partial charge in [0.15, 0.2) is 5.13 Å². The highest BCUT2D eigenvalue weighted by atomic mass is 32.1. The van der Waals surface area contributed by atoms with Crippen LogP contribution in [0.25, 0.3) is 11.3 Å². The lowest BCUT2D eigenvalue weighted by molar-refractivity contribution is 0.490. The molecule has 1 aliphatic heterocycles. The predicted molar refractivity (Wildman–Crippen MR) is 98.9 cm³/mol. The highest BCUT2D eigenvalue weighted by molar-refractivity contribution is 7.13. The van der Waals surface area contributed by atoms with Crippen LogP contribution in [0.15, 0.2) is 46.8 Å². The van der Waals surface area contributed by atoms with Crippen molar-refractivity contribution in [3.8, 4) is 11.3 Å². The SMILES string of the molecule is Cc1csc(N2CCCC2Cn2nc(-c3cccnc3)ccc2=O)n1. The fourth-order valence-corrected chi connectivity index (χ4v) is 4.10. The number of aromatic nitrogens is 4. The Hall–Kier alpha value is -2.54. The Bertz CT molecular complexity index is 920. The molecule has 0 saturated carbocycles. The van der Waals surface area contributed by atoms with Gasteiger partial charge in [0.1, 0.15) is 0 Å². The summed E-state index contributed by atoms with van der Waals surface area (Å²) in [6.45, 7) is 3.56. The second kappa shape index (κ2) is 6.76. The van der Waals surface area contributed by atoms with Crippen LogP contribution in [0.1, 0.15) is 18.5 Å². The summed E-state index contributed by atoms with van der Waals surface area (Å²) in [6, 6.07) is 7.41. The van der Waals surface area contributed by atoms with E-state index in [-0.39, 0.29) is 11.6 Å². The smallest absolute Gasteiger partial charge is 0.266 e. The lowest BCUT2D eigenvalue weighted by Gasteiger charge is -2.24. The summed E-state index contributed by atoms with van der Waals surface area (Å²) >= 11 is 1.66. The molecule has 0 aliphatic carbocycles.